The number of nitrogens with one attached hydrogen (secondary N) is 1. The molecule has 1 aromatic carbocycles. The number of carbonyl (C=O) groups excluding carboxylic acids is 1. The van der Waals surface area contributed by atoms with E-state index in [1.54, 1.807) is 7.11 Å². The number of hydrogen-bond acceptors (Lipinski definition) is 3. The van der Waals surface area contributed by atoms with Crippen molar-refractivity contribution in [3.8, 4) is 5.75 Å². The monoisotopic (exact) mass is 288 g/mol. The van der Waals surface area contributed by atoms with Crippen LogP contribution in [0.4, 0.5) is 0 Å². The molecule has 1 heterocycles. The van der Waals surface area contributed by atoms with E-state index in [0.29, 0.717) is 0 Å². The fraction of sp³-hybridized carbons (Fsp3) is 0.588. The summed E-state index contributed by atoms with van der Waals surface area (Å²) >= 11 is 0. The van der Waals surface area contributed by atoms with Crippen molar-refractivity contribution in [2.24, 2.45) is 0 Å². The van der Waals surface area contributed by atoms with Crippen LogP contribution in [0.25, 0.3) is 0 Å². The van der Waals surface area contributed by atoms with Gasteiger partial charge in [0.2, 0.25) is 5.91 Å². The first-order valence-electron chi connectivity index (χ1n) is 7.86. The summed E-state index contributed by atoms with van der Waals surface area (Å²) in [5, 5.41) is 3.57. The minimum Gasteiger partial charge on any atom is -0.497 e. The number of amides is 1. The van der Waals surface area contributed by atoms with Crippen LogP contribution in [0.2, 0.25) is 0 Å². The molecule has 114 valence electrons. The standard InChI is InChI=1S/C17H24N2O2/c1-4-6-12(2)19-15(18-17(9-10-17)16(19)20)13-7-5-8-14(11-13)21-3/h5,7-8,11-12,15,18H,4,6,9-10H2,1-3H3. The molecule has 2 atom stereocenters. The minimum absolute atomic E-state index is 0.0309. The van der Waals surface area contributed by atoms with E-state index in [9.17, 15) is 4.79 Å². The van der Waals surface area contributed by atoms with E-state index in [0.717, 1.165) is 37.0 Å². The van der Waals surface area contributed by atoms with E-state index in [2.05, 4.69) is 25.2 Å². The maximum atomic E-state index is 12.8. The van der Waals surface area contributed by atoms with Crippen molar-refractivity contribution >= 4 is 5.91 Å². The summed E-state index contributed by atoms with van der Waals surface area (Å²) in [6.07, 6.45) is 4.01. The van der Waals surface area contributed by atoms with E-state index in [1.165, 1.54) is 0 Å². The van der Waals surface area contributed by atoms with Crippen LogP contribution >= 0.6 is 0 Å². The molecule has 0 radical (unpaired) electrons. The van der Waals surface area contributed by atoms with Crippen molar-refractivity contribution in [2.45, 2.75) is 57.3 Å². The van der Waals surface area contributed by atoms with E-state index in [4.69, 9.17) is 4.74 Å². The molecule has 3 rings (SSSR count). The molecule has 2 unspecified atom stereocenters. The highest BCUT2D eigenvalue weighted by atomic mass is 16.5. The molecule has 2 fully saturated rings. The smallest absolute Gasteiger partial charge is 0.244 e. The largest absolute Gasteiger partial charge is 0.497 e. The topological polar surface area (TPSA) is 41.6 Å². The number of nitrogens with zero attached hydrogens (tertiary/aromatic N) is 1. The molecule has 1 amide bonds. The third-order valence-corrected chi connectivity index (χ3v) is 4.68. The summed E-state index contributed by atoms with van der Waals surface area (Å²) in [6, 6.07) is 8.28. The van der Waals surface area contributed by atoms with Crippen LogP contribution in [0, 0.1) is 0 Å². The number of hydrogen-bond donors (Lipinski definition) is 1. The van der Waals surface area contributed by atoms with Crippen molar-refractivity contribution in [2.75, 3.05) is 7.11 Å². The average Bonchev–Trinajstić information content (AvgIpc) is 3.21. The lowest BCUT2D eigenvalue weighted by atomic mass is 10.1. The number of rotatable bonds is 5. The van der Waals surface area contributed by atoms with Crippen LogP contribution in [0.3, 0.4) is 0 Å². The fourth-order valence-corrected chi connectivity index (χ4v) is 3.31. The molecule has 1 aliphatic carbocycles. The molecule has 1 aromatic rings. The number of methoxy groups -OCH3 is 1. The Morgan fingerprint density at radius 1 is 1.48 bits per heavy atom. The van der Waals surface area contributed by atoms with E-state index in [1.807, 2.05) is 23.1 Å². The zero-order valence-electron chi connectivity index (χ0n) is 13.1. The maximum Gasteiger partial charge on any atom is 0.244 e. The molecule has 21 heavy (non-hydrogen) atoms. The van der Waals surface area contributed by atoms with Gasteiger partial charge in [0.05, 0.1) is 7.11 Å². The molecule has 1 N–H and O–H groups in total. The lowest BCUT2D eigenvalue weighted by molar-refractivity contribution is -0.132. The molecular formula is C17H24N2O2. The molecule has 4 heteroatoms. The Bertz CT molecular complexity index is 539. The second-order valence-corrected chi connectivity index (χ2v) is 6.26. The van der Waals surface area contributed by atoms with Gasteiger partial charge in [0.15, 0.2) is 0 Å². The first-order chi connectivity index (χ1) is 10.1. The summed E-state index contributed by atoms with van der Waals surface area (Å²) in [5.41, 5.74) is 0.824. The minimum atomic E-state index is -0.282. The molecule has 0 bridgehead atoms. The van der Waals surface area contributed by atoms with E-state index < -0.39 is 0 Å². The molecule has 1 aliphatic heterocycles. The van der Waals surface area contributed by atoms with Crippen LogP contribution in [0.1, 0.15) is 51.3 Å². The van der Waals surface area contributed by atoms with Gasteiger partial charge in [0, 0.05) is 6.04 Å². The highest BCUT2D eigenvalue weighted by Gasteiger charge is 2.60. The highest BCUT2D eigenvalue weighted by Crippen LogP contribution is 2.47. The molecule has 1 saturated carbocycles. The van der Waals surface area contributed by atoms with Crippen LogP contribution in [-0.4, -0.2) is 29.5 Å². The number of carbonyl (C=O) groups is 1. The van der Waals surface area contributed by atoms with Gasteiger partial charge in [-0.3, -0.25) is 10.1 Å². The van der Waals surface area contributed by atoms with Gasteiger partial charge in [-0.25, -0.2) is 0 Å². The Kier molecular flexibility index (Phi) is 3.66. The Morgan fingerprint density at radius 3 is 2.86 bits per heavy atom. The van der Waals surface area contributed by atoms with Crippen molar-refractivity contribution in [3.63, 3.8) is 0 Å². The van der Waals surface area contributed by atoms with Gasteiger partial charge in [0.1, 0.15) is 17.5 Å². The predicted molar refractivity (Wildman–Crippen MR) is 82.1 cm³/mol. The lowest BCUT2D eigenvalue weighted by Gasteiger charge is -2.30. The SMILES string of the molecule is CCCC(C)N1C(=O)C2(CC2)NC1c1cccc(OC)c1. The Balaban J connectivity index is 1.92. The molecular weight excluding hydrogens is 264 g/mol. The van der Waals surface area contributed by atoms with Gasteiger partial charge in [-0.1, -0.05) is 25.5 Å². The molecule has 4 nitrogen and oxygen atoms in total. The van der Waals surface area contributed by atoms with E-state index in [-0.39, 0.29) is 23.7 Å². The second kappa shape index (κ2) is 5.34. The molecule has 1 saturated heterocycles. The molecule has 2 aliphatic rings. The van der Waals surface area contributed by atoms with Crippen LogP contribution in [0.5, 0.6) is 5.75 Å². The lowest BCUT2D eigenvalue weighted by Crippen LogP contribution is -2.38. The Morgan fingerprint density at radius 2 is 2.24 bits per heavy atom. The quantitative estimate of drug-likeness (QED) is 0.906. The van der Waals surface area contributed by atoms with Crippen molar-refractivity contribution < 1.29 is 9.53 Å². The van der Waals surface area contributed by atoms with Crippen LogP contribution in [0.15, 0.2) is 24.3 Å². The average molecular weight is 288 g/mol. The van der Waals surface area contributed by atoms with Crippen LogP contribution in [-0.2, 0) is 4.79 Å². The predicted octanol–water partition coefficient (Wildman–Crippen LogP) is 2.85. The second-order valence-electron chi connectivity index (χ2n) is 6.26. The maximum absolute atomic E-state index is 12.8. The Hall–Kier alpha value is -1.55. The van der Waals surface area contributed by atoms with Gasteiger partial charge in [0.25, 0.3) is 0 Å². The summed E-state index contributed by atoms with van der Waals surface area (Å²) in [6.45, 7) is 4.32. The third-order valence-electron chi connectivity index (χ3n) is 4.68. The van der Waals surface area contributed by atoms with Gasteiger partial charge < -0.3 is 9.64 Å². The third kappa shape index (κ3) is 2.42. The first kappa shape index (κ1) is 14.4. The zero-order valence-corrected chi connectivity index (χ0v) is 13.1. The van der Waals surface area contributed by atoms with Gasteiger partial charge in [-0.05, 0) is 43.9 Å². The van der Waals surface area contributed by atoms with Crippen molar-refractivity contribution in [1.82, 2.24) is 10.2 Å². The number of benzene rings is 1. The first-order valence-corrected chi connectivity index (χ1v) is 7.86. The summed E-state index contributed by atoms with van der Waals surface area (Å²) in [5.74, 6) is 1.11. The van der Waals surface area contributed by atoms with Crippen molar-refractivity contribution in [1.29, 1.82) is 0 Å². The summed E-state index contributed by atoms with van der Waals surface area (Å²) in [7, 11) is 1.67. The van der Waals surface area contributed by atoms with Crippen LogP contribution < -0.4 is 10.1 Å². The molecule has 0 aromatic heterocycles. The summed E-state index contributed by atoms with van der Waals surface area (Å²) in [4.78, 5) is 14.8. The Labute approximate surface area is 126 Å². The number of ether oxygens (including phenoxy) is 1. The normalized spacial score (nSPS) is 24.4. The van der Waals surface area contributed by atoms with Gasteiger partial charge in [-0.2, -0.15) is 0 Å². The molecule has 1 spiro atoms. The van der Waals surface area contributed by atoms with Gasteiger partial charge in [-0.15, -0.1) is 0 Å². The zero-order chi connectivity index (χ0) is 15.0. The fourth-order valence-electron chi connectivity index (χ4n) is 3.31. The van der Waals surface area contributed by atoms with Crippen molar-refractivity contribution in [3.05, 3.63) is 29.8 Å². The van der Waals surface area contributed by atoms with Gasteiger partial charge >= 0.3 is 0 Å². The highest BCUT2D eigenvalue weighted by molar-refractivity contribution is 5.92. The summed E-state index contributed by atoms with van der Waals surface area (Å²) < 4.78 is 5.32. The van der Waals surface area contributed by atoms with E-state index >= 15 is 0 Å².